The molecule has 1 aromatic rings. The van der Waals surface area contributed by atoms with Crippen molar-refractivity contribution in [1.29, 1.82) is 0 Å². The van der Waals surface area contributed by atoms with Crippen molar-refractivity contribution >= 4 is 23.3 Å². The first-order chi connectivity index (χ1) is 8.04. The summed E-state index contributed by atoms with van der Waals surface area (Å²) in [6, 6.07) is 3.54. The Labute approximate surface area is 105 Å². The number of nitrogens with one attached hydrogen (secondary N) is 1. The molecule has 1 aromatic carbocycles. The Kier molecular flexibility index (Phi) is 4.84. The van der Waals surface area contributed by atoms with Crippen molar-refractivity contribution in [3.05, 3.63) is 34.9 Å². The monoisotopic (exact) mass is 255 g/mol. The van der Waals surface area contributed by atoms with Gasteiger partial charge in [0.05, 0.1) is 12.8 Å². The number of hydrogen-bond acceptors (Lipinski definition) is 3. The molecular formula is C12H14ClNO3. The number of carboxylic acids is 1. The molecule has 1 rings (SSSR count). The lowest BCUT2D eigenvalue weighted by Crippen LogP contribution is -2.02. The van der Waals surface area contributed by atoms with E-state index >= 15 is 0 Å². The molecule has 0 aromatic heterocycles. The maximum Gasteiger partial charge on any atom is 0.328 e. The summed E-state index contributed by atoms with van der Waals surface area (Å²) in [5.74, 6) is -0.265. The molecule has 0 aliphatic heterocycles. The van der Waals surface area contributed by atoms with E-state index in [1.807, 2.05) is 6.92 Å². The molecule has 0 radical (unpaired) electrons. The zero-order chi connectivity index (χ0) is 12.8. The number of aryl methyl sites for hydroxylation is 1. The van der Waals surface area contributed by atoms with E-state index in [0.29, 0.717) is 17.3 Å². The van der Waals surface area contributed by atoms with E-state index in [1.165, 1.54) is 6.08 Å². The number of benzene rings is 1. The molecule has 0 bridgehead atoms. The lowest BCUT2D eigenvalue weighted by atomic mass is 10.2. The fraction of sp³-hybridized carbons (Fsp3) is 0.250. The van der Waals surface area contributed by atoms with Crippen molar-refractivity contribution < 1.29 is 14.6 Å². The molecule has 0 saturated carbocycles. The van der Waals surface area contributed by atoms with Crippen LogP contribution in [0.4, 0.5) is 5.69 Å². The number of methoxy groups -OCH3 is 1. The Morgan fingerprint density at radius 1 is 1.59 bits per heavy atom. The highest BCUT2D eigenvalue weighted by molar-refractivity contribution is 6.31. The minimum atomic E-state index is -0.971. The maximum absolute atomic E-state index is 10.3. The number of aliphatic carboxylic acids is 1. The van der Waals surface area contributed by atoms with Crippen LogP contribution in [0.15, 0.2) is 24.3 Å². The van der Waals surface area contributed by atoms with Crippen LogP contribution in [0.3, 0.4) is 0 Å². The first-order valence-electron chi connectivity index (χ1n) is 5.02. The Hall–Kier alpha value is -1.68. The van der Waals surface area contributed by atoms with Crippen LogP contribution in [0, 0.1) is 6.92 Å². The van der Waals surface area contributed by atoms with Gasteiger partial charge in [0, 0.05) is 17.6 Å². The van der Waals surface area contributed by atoms with Crippen molar-refractivity contribution in [2.45, 2.75) is 6.92 Å². The summed E-state index contributed by atoms with van der Waals surface area (Å²) in [5, 5.41) is 12.1. The van der Waals surface area contributed by atoms with E-state index in [0.717, 1.165) is 17.3 Å². The fourth-order valence-corrected chi connectivity index (χ4v) is 1.73. The standard InChI is InChI=1S/C12H14ClNO3/c1-8-6-9(13)7-10(12(8)17-2)14-5-3-4-11(15)16/h3-4,6-7,14H,5H2,1-2H3,(H,15,16)/b4-3+. The van der Waals surface area contributed by atoms with E-state index in [2.05, 4.69) is 5.32 Å². The van der Waals surface area contributed by atoms with Gasteiger partial charge in [-0.1, -0.05) is 17.7 Å². The first-order valence-corrected chi connectivity index (χ1v) is 5.40. The summed E-state index contributed by atoms with van der Waals surface area (Å²) in [4.78, 5) is 10.3. The molecule has 0 unspecified atom stereocenters. The molecule has 0 heterocycles. The normalized spacial score (nSPS) is 10.5. The third kappa shape index (κ3) is 4.00. The highest BCUT2D eigenvalue weighted by Gasteiger charge is 2.06. The van der Waals surface area contributed by atoms with Crippen molar-refractivity contribution in [3.8, 4) is 5.75 Å². The second-order valence-electron chi connectivity index (χ2n) is 3.43. The van der Waals surface area contributed by atoms with Crippen LogP contribution in [-0.2, 0) is 4.79 Å². The van der Waals surface area contributed by atoms with Crippen LogP contribution in [0.1, 0.15) is 5.56 Å². The lowest BCUT2D eigenvalue weighted by Gasteiger charge is -2.12. The van der Waals surface area contributed by atoms with Crippen LogP contribution in [0.2, 0.25) is 5.02 Å². The molecule has 0 saturated heterocycles. The molecule has 0 aliphatic carbocycles. The highest BCUT2D eigenvalue weighted by atomic mass is 35.5. The molecule has 0 atom stereocenters. The topological polar surface area (TPSA) is 58.6 Å². The third-order valence-electron chi connectivity index (χ3n) is 2.11. The zero-order valence-electron chi connectivity index (χ0n) is 9.66. The predicted octanol–water partition coefficient (Wildman–Crippen LogP) is 2.71. The Balaban J connectivity index is 2.79. The number of carboxylic acid groups (broad SMARTS) is 1. The molecule has 0 spiro atoms. The van der Waals surface area contributed by atoms with Crippen molar-refractivity contribution in [3.63, 3.8) is 0 Å². The van der Waals surface area contributed by atoms with Gasteiger partial charge < -0.3 is 15.2 Å². The average Bonchev–Trinajstić information content (AvgIpc) is 2.23. The van der Waals surface area contributed by atoms with Crippen LogP contribution in [0.25, 0.3) is 0 Å². The van der Waals surface area contributed by atoms with E-state index in [9.17, 15) is 4.79 Å². The van der Waals surface area contributed by atoms with Crippen molar-refractivity contribution in [2.24, 2.45) is 0 Å². The largest absolute Gasteiger partial charge is 0.494 e. The Morgan fingerprint density at radius 2 is 2.29 bits per heavy atom. The average molecular weight is 256 g/mol. The summed E-state index contributed by atoms with van der Waals surface area (Å²) >= 11 is 5.93. The molecular weight excluding hydrogens is 242 g/mol. The number of ether oxygens (including phenoxy) is 1. The molecule has 17 heavy (non-hydrogen) atoms. The fourth-order valence-electron chi connectivity index (χ4n) is 1.46. The zero-order valence-corrected chi connectivity index (χ0v) is 10.4. The summed E-state index contributed by atoms with van der Waals surface area (Å²) in [5.41, 5.74) is 1.66. The van der Waals surface area contributed by atoms with E-state index in [-0.39, 0.29) is 0 Å². The van der Waals surface area contributed by atoms with Gasteiger partial charge in [-0.05, 0) is 24.6 Å². The number of carbonyl (C=O) groups is 1. The summed E-state index contributed by atoms with van der Waals surface area (Å²) in [6.45, 7) is 2.28. The minimum absolute atomic E-state index is 0.391. The van der Waals surface area contributed by atoms with Gasteiger partial charge >= 0.3 is 5.97 Å². The van der Waals surface area contributed by atoms with Crippen molar-refractivity contribution in [1.82, 2.24) is 0 Å². The Morgan fingerprint density at radius 3 is 2.88 bits per heavy atom. The maximum atomic E-state index is 10.3. The second kappa shape index (κ2) is 6.15. The van der Waals surface area contributed by atoms with E-state index in [4.69, 9.17) is 21.4 Å². The number of hydrogen-bond donors (Lipinski definition) is 2. The van der Waals surface area contributed by atoms with Gasteiger partial charge in [-0.3, -0.25) is 0 Å². The molecule has 2 N–H and O–H groups in total. The molecule has 92 valence electrons. The number of halogens is 1. The summed E-state index contributed by atoms with van der Waals surface area (Å²) in [6.07, 6.45) is 2.59. The van der Waals surface area contributed by atoms with Gasteiger partial charge in [-0.2, -0.15) is 0 Å². The summed E-state index contributed by atoms with van der Waals surface area (Å²) < 4.78 is 5.25. The van der Waals surface area contributed by atoms with Crippen LogP contribution < -0.4 is 10.1 Å². The van der Waals surface area contributed by atoms with Gasteiger partial charge in [-0.15, -0.1) is 0 Å². The number of anilines is 1. The highest BCUT2D eigenvalue weighted by Crippen LogP contribution is 2.31. The second-order valence-corrected chi connectivity index (χ2v) is 3.86. The molecule has 4 nitrogen and oxygen atoms in total. The van der Waals surface area contributed by atoms with Crippen LogP contribution in [-0.4, -0.2) is 24.7 Å². The van der Waals surface area contributed by atoms with Gasteiger partial charge in [0.2, 0.25) is 0 Å². The Bertz CT molecular complexity index is 444. The minimum Gasteiger partial charge on any atom is -0.494 e. The van der Waals surface area contributed by atoms with Gasteiger partial charge in [0.1, 0.15) is 5.75 Å². The van der Waals surface area contributed by atoms with Crippen LogP contribution in [0.5, 0.6) is 5.75 Å². The lowest BCUT2D eigenvalue weighted by molar-refractivity contribution is -0.131. The molecule has 5 heteroatoms. The van der Waals surface area contributed by atoms with E-state index < -0.39 is 5.97 Å². The van der Waals surface area contributed by atoms with Crippen molar-refractivity contribution in [2.75, 3.05) is 19.0 Å². The quantitative estimate of drug-likeness (QED) is 0.795. The van der Waals surface area contributed by atoms with Crippen LogP contribution >= 0.6 is 11.6 Å². The number of rotatable bonds is 5. The third-order valence-corrected chi connectivity index (χ3v) is 2.33. The van der Waals surface area contributed by atoms with Gasteiger partial charge in [0.25, 0.3) is 0 Å². The molecule has 0 amide bonds. The van der Waals surface area contributed by atoms with Gasteiger partial charge in [-0.25, -0.2) is 4.79 Å². The predicted molar refractivity (Wildman–Crippen MR) is 68.0 cm³/mol. The van der Waals surface area contributed by atoms with E-state index in [1.54, 1.807) is 19.2 Å². The first kappa shape index (κ1) is 13.4. The SMILES string of the molecule is COc1c(C)cc(Cl)cc1NC/C=C/C(=O)O. The summed E-state index contributed by atoms with van der Waals surface area (Å²) in [7, 11) is 1.58. The molecule has 0 aliphatic rings. The molecule has 0 fully saturated rings. The smallest absolute Gasteiger partial charge is 0.328 e. The van der Waals surface area contributed by atoms with Gasteiger partial charge in [0.15, 0.2) is 0 Å².